The minimum Gasteiger partial charge on any atom is -0.504 e. The second kappa shape index (κ2) is 9.29. The molecule has 0 fully saturated rings. The van der Waals surface area contributed by atoms with Gasteiger partial charge in [0.25, 0.3) is 0 Å². The highest BCUT2D eigenvalue weighted by Crippen LogP contribution is 2.36. The molecule has 2 aliphatic heterocycles. The predicted molar refractivity (Wildman–Crippen MR) is 129 cm³/mol. The quantitative estimate of drug-likeness (QED) is 0.352. The van der Waals surface area contributed by atoms with Crippen molar-refractivity contribution in [2.45, 2.75) is 25.7 Å². The summed E-state index contributed by atoms with van der Waals surface area (Å²) >= 11 is 0. The molecule has 0 atom stereocenters. The van der Waals surface area contributed by atoms with Gasteiger partial charge in [0.2, 0.25) is 0 Å². The number of phenolic OH excluding ortho intramolecular Hbond substituents is 1. The Morgan fingerprint density at radius 1 is 0.667 bits per heavy atom. The first-order chi connectivity index (χ1) is 16.2. The number of rotatable bonds is 1. The molecule has 6 rings (SSSR count). The van der Waals surface area contributed by atoms with E-state index in [0.29, 0.717) is 17.2 Å². The fraction of sp³-hybridized carbons (Fsp3) is 0.172. The van der Waals surface area contributed by atoms with Crippen LogP contribution >= 0.6 is 0 Å². The number of methoxy groups -OCH3 is 1. The van der Waals surface area contributed by atoms with Crippen LogP contribution < -0.4 is 14.2 Å². The molecule has 6 bridgehead atoms. The number of phenols is 1. The lowest BCUT2D eigenvalue weighted by molar-refractivity contribution is 0.378. The average Bonchev–Trinajstić information content (AvgIpc) is 2.84. The molecule has 0 saturated carbocycles. The lowest BCUT2D eigenvalue weighted by Crippen LogP contribution is -1.98. The lowest BCUT2D eigenvalue weighted by Gasteiger charge is -2.15. The summed E-state index contributed by atoms with van der Waals surface area (Å²) < 4.78 is 17.9. The molecule has 0 aliphatic carbocycles. The van der Waals surface area contributed by atoms with Crippen molar-refractivity contribution in [2.24, 2.45) is 0 Å². The van der Waals surface area contributed by atoms with Gasteiger partial charge in [-0.15, -0.1) is 0 Å². The third-order valence-electron chi connectivity index (χ3n) is 5.96. The molecule has 33 heavy (non-hydrogen) atoms. The minimum absolute atomic E-state index is 0.154. The first-order valence-corrected chi connectivity index (χ1v) is 11.2. The third kappa shape index (κ3) is 4.80. The molecule has 4 nitrogen and oxygen atoms in total. The normalized spacial score (nSPS) is 13.1. The van der Waals surface area contributed by atoms with Gasteiger partial charge in [0.05, 0.1) is 7.11 Å². The van der Waals surface area contributed by atoms with Gasteiger partial charge >= 0.3 is 0 Å². The van der Waals surface area contributed by atoms with Crippen LogP contribution in [0.15, 0.2) is 84.9 Å². The molecule has 4 aromatic rings. The van der Waals surface area contributed by atoms with Crippen LogP contribution in [0.2, 0.25) is 0 Å². The molecule has 0 amide bonds. The molecule has 2 aliphatic rings. The predicted octanol–water partition coefficient (Wildman–Crippen LogP) is 6.87. The van der Waals surface area contributed by atoms with Gasteiger partial charge in [-0.2, -0.15) is 0 Å². The monoisotopic (exact) mass is 438 g/mol. The van der Waals surface area contributed by atoms with Crippen molar-refractivity contribution in [3.05, 3.63) is 107 Å². The molecule has 0 saturated heterocycles. The van der Waals surface area contributed by atoms with Crippen LogP contribution in [-0.4, -0.2) is 12.2 Å². The van der Waals surface area contributed by atoms with Gasteiger partial charge in [-0.05, 0) is 90.4 Å². The number of hydrogen-bond donors (Lipinski definition) is 1. The molecular weight excluding hydrogens is 412 g/mol. The fourth-order valence-corrected chi connectivity index (χ4v) is 4.14. The third-order valence-corrected chi connectivity index (χ3v) is 5.96. The van der Waals surface area contributed by atoms with Crippen molar-refractivity contribution >= 4 is 0 Å². The smallest absolute Gasteiger partial charge is 0.172 e. The highest BCUT2D eigenvalue weighted by Gasteiger charge is 2.13. The van der Waals surface area contributed by atoms with E-state index in [4.69, 9.17) is 14.2 Å². The maximum Gasteiger partial charge on any atom is 0.172 e. The molecule has 0 aromatic heterocycles. The number of aromatic hydroxyl groups is 1. The summed E-state index contributed by atoms with van der Waals surface area (Å²) in [7, 11) is 1.66. The van der Waals surface area contributed by atoms with Crippen LogP contribution in [0, 0.1) is 0 Å². The maximum atomic E-state index is 10.5. The van der Waals surface area contributed by atoms with Crippen molar-refractivity contribution in [1.29, 1.82) is 0 Å². The second-order valence-corrected chi connectivity index (χ2v) is 8.25. The Labute approximate surface area is 194 Å². The van der Waals surface area contributed by atoms with Crippen LogP contribution in [0.3, 0.4) is 0 Å². The highest BCUT2D eigenvalue weighted by molar-refractivity contribution is 5.49. The van der Waals surface area contributed by atoms with Gasteiger partial charge in [0.1, 0.15) is 11.5 Å². The van der Waals surface area contributed by atoms with Crippen LogP contribution in [0.4, 0.5) is 0 Å². The van der Waals surface area contributed by atoms with Crippen molar-refractivity contribution in [3.8, 4) is 34.5 Å². The van der Waals surface area contributed by atoms with Crippen molar-refractivity contribution in [1.82, 2.24) is 0 Å². The summed E-state index contributed by atoms with van der Waals surface area (Å²) in [5, 5.41) is 10.5. The highest BCUT2D eigenvalue weighted by atomic mass is 16.5. The van der Waals surface area contributed by atoms with Crippen LogP contribution in [0.1, 0.15) is 22.3 Å². The van der Waals surface area contributed by atoms with E-state index in [0.717, 1.165) is 48.3 Å². The summed E-state index contributed by atoms with van der Waals surface area (Å²) in [4.78, 5) is 0. The van der Waals surface area contributed by atoms with E-state index in [9.17, 15) is 5.11 Å². The number of hydrogen-bond acceptors (Lipinski definition) is 4. The van der Waals surface area contributed by atoms with Gasteiger partial charge in [-0.1, -0.05) is 42.5 Å². The molecule has 0 unspecified atom stereocenters. The van der Waals surface area contributed by atoms with Crippen molar-refractivity contribution in [3.63, 3.8) is 0 Å². The first-order valence-electron chi connectivity index (χ1n) is 11.2. The van der Waals surface area contributed by atoms with Gasteiger partial charge < -0.3 is 19.3 Å². The van der Waals surface area contributed by atoms with Crippen molar-refractivity contribution in [2.75, 3.05) is 7.11 Å². The summed E-state index contributed by atoms with van der Waals surface area (Å²) in [5.74, 6) is 3.59. The topological polar surface area (TPSA) is 47.9 Å². The van der Waals surface area contributed by atoms with Gasteiger partial charge in [0, 0.05) is 0 Å². The number of benzene rings is 4. The number of fused-ring (bicyclic) bond motifs is 4. The summed E-state index contributed by atoms with van der Waals surface area (Å²) in [6, 6.07) is 27.8. The average molecular weight is 439 g/mol. The lowest BCUT2D eigenvalue weighted by atomic mass is 10.0. The van der Waals surface area contributed by atoms with E-state index in [1.807, 2.05) is 54.6 Å². The maximum absolute atomic E-state index is 10.5. The van der Waals surface area contributed by atoms with E-state index < -0.39 is 0 Å². The zero-order chi connectivity index (χ0) is 22.6. The van der Waals surface area contributed by atoms with Gasteiger partial charge in [-0.25, -0.2) is 0 Å². The standard InChI is InChI=1S/C29H26O4/c1-31-27-17-13-22-9-8-21-4-2-6-25(18-21)33-29-23(5-3-7-26(29)30)14-10-20-11-15-24(16-12-20)32-28(27)19-22/h2-7,11-13,15-19,30H,8-10,14H2,1H3. The molecule has 4 aromatic carbocycles. The molecule has 166 valence electrons. The Balaban J connectivity index is 1.54. The molecule has 2 heterocycles. The molecule has 1 N–H and O–H groups in total. The Kier molecular flexibility index (Phi) is 5.90. The number of para-hydroxylation sites is 1. The van der Waals surface area contributed by atoms with E-state index in [2.05, 4.69) is 24.3 Å². The van der Waals surface area contributed by atoms with Crippen LogP contribution in [0.5, 0.6) is 34.5 Å². The Hall–Kier alpha value is -3.92. The largest absolute Gasteiger partial charge is 0.504 e. The van der Waals surface area contributed by atoms with E-state index in [1.165, 1.54) is 11.1 Å². The summed E-state index contributed by atoms with van der Waals surface area (Å²) in [5.41, 5.74) is 4.48. The SMILES string of the molecule is COc1ccc2cc1Oc1ccc(cc1)CCc1cccc(O)c1Oc1cccc(c1)CC2. The van der Waals surface area contributed by atoms with Crippen LogP contribution in [-0.2, 0) is 25.7 Å². The zero-order valence-electron chi connectivity index (χ0n) is 18.6. The summed E-state index contributed by atoms with van der Waals surface area (Å²) in [6.07, 6.45) is 3.27. The van der Waals surface area contributed by atoms with E-state index in [1.54, 1.807) is 13.2 Å². The fourth-order valence-electron chi connectivity index (χ4n) is 4.14. The Morgan fingerprint density at radius 2 is 1.39 bits per heavy atom. The van der Waals surface area contributed by atoms with Crippen molar-refractivity contribution < 1.29 is 19.3 Å². The molecule has 0 radical (unpaired) electrons. The summed E-state index contributed by atoms with van der Waals surface area (Å²) in [6.45, 7) is 0. The van der Waals surface area contributed by atoms with E-state index >= 15 is 0 Å². The Morgan fingerprint density at radius 3 is 2.21 bits per heavy atom. The second-order valence-electron chi connectivity index (χ2n) is 8.25. The molecule has 0 spiro atoms. The molecular formula is C29H26O4. The van der Waals surface area contributed by atoms with Crippen LogP contribution in [0.25, 0.3) is 0 Å². The van der Waals surface area contributed by atoms with Gasteiger partial charge in [0.15, 0.2) is 23.0 Å². The Bertz CT molecular complexity index is 1260. The number of aryl methyl sites for hydroxylation is 4. The first kappa shape index (κ1) is 21.0. The van der Waals surface area contributed by atoms with Gasteiger partial charge in [-0.3, -0.25) is 0 Å². The van der Waals surface area contributed by atoms with E-state index in [-0.39, 0.29) is 5.75 Å². The molecule has 4 heteroatoms. The number of ether oxygens (including phenoxy) is 3. The minimum atomic E-state index is 0.154. The zero-order valence-corrected chi connectivity index (χ0v) is 18.6.